The third kappa shape index (κ3) is 3.97. The van der Waals surface area contributed by atoms with Gasteiger partial charge in [0, 0.05) is 9.50 Å². The number of aliphatic hydroxyl groups excluding tert-OH is 1. The van der Waals surface area contributed by atoms with Crippen LogP contribution in [0.5, 0.6) is 0 Å². The number of aliphatic hydroxyl groups is 1. The molecule has 0 radical (unpaired) electrons. The van der Waals surface area contributed by atoms with Crippen LogP contribution in [0.15, 0.2) is 45.8 Å². The van der Waals surface area contributed by atoms with Gasteiger partial charge in [-0.05, 0) is 54.4 Å². The van der Waals surface area contributed by atoms with Crippen molar-refractivity contribution in [2.75, 3.05) is 4.72 Å². The molecule has 0 bridgehead atoms. The van der Waals surface area contributed by atoms with Gasteiger partial charge in [-0.2, -0.15) is 0 Å². The standard InChI is InChI=1S/C14H13BrClNO3S/c1-9-4-11(15)7-12(5-9)17-21(19,20)13-2-3-14(16)10(6-13)8-18/h2-7,17-18H,8H2,1H3. The maximum atomic E-state index is 12.4. The number of aryl methyl sites for hydroxylation is 1. The molecule has 0 saturated carbocycles. The molecule has 2 rings (SSSR count). The minimum Gasteiger partial charge on any atom is -0.392 e. The van der Waals surface area contributed by atoms with Crippen LogP contribution in [0, 0.1) is 6.92 Å². The van der Waals surface area contributed by atoms with E-state index in [1.165, 1.54) is 18.2 Å². The lowest BCUT2D eigenvalue weighted by atomic mass is 10.2. The van der Waals surface area contributed by atoms with Crippen molar-refractivity contribution in [1.82, 2.24) is 0 Å². The molecule has 7 heteroatoms. The van der Waals surface area contributed by atoms with Crippen LogP contribution in [0.2, 0.25) is 5.02 Å². The average molecular weight is 391 g/mol. The molecule has 2 aromatic rings. The first-order chi connectivity index (χ1) is 9.81. The molecule has 4 nitrogen and oxygen atoms in total. The molecule has 2 aromatic carbocycles. The highest BCUT2D eigenvalue weighted by Crippen LogP contribution is 2.24. The molecule has 0 unspecified atom stereocenters. The molecule has 0 aliphatic rings. The van der Waals surface area contributed by atoms with Crippen LogP contribution < -0.4 is 4.72 Å². The summed E-state index contributed by atoms with van der Waals surface area (Å²) in [6.45, 7) is 1.55. The van der Waals surface area contributed by atoms with Gasteiger partial charge in [0.1, 0.15) is 0 Å². The molecule has 2 N–H and O–H groups in total. The van der Waals surface area contributed by atoms with E-state index in [4.69, 9.17) is 16.7 Å². The fourth-order valence-corrected chi connectivity index (χ4v) is 3.72. The number of hydrogen-bond donors (Lipinski definition) is 2. The SMILES string of the molecule is Cc1cc(Br)cc(NS(=O)(=O)c2ccc(Cl)c(CO)c2)c1. The molecule has 0 fully saturated rings. The van der Waals surface area contributed by atoms with Gasteiger partial charge in [-0.25, -0.2) is 8.42 Å². The van der Waals surface area contributed by atoms with Crippen molar-refractivity contribution in [3.8, 4) is 0 Å². The minimum absolute atomic E-state index is 0.0496. The largest absolute Gasteiger partial charge is 0.392 e. The molecule has 0 aliphatic heterocycles. The molecule has 0 saturated heterocycles. The van der Waals surface area contributed by atoms with Crippen molar-refractivity contribution in [1.29, 1.82) is 0 Å². The van der Waals surface area contributed by atoms with Gasteiger partial charge in [0.25, 0.3) is 10.0 Å². The monoisotopic (exact) mass is 389 g/mol. The predicted molar refractivity (Wildman–Crippen MR) is 87.1 cm³/mol. The topological polar surface area (TPSA) is 66.4 Å². The highest BCUT2D eigenvalue weighted by atomic mass is 79.9. The molecular formula is C14H13BrClNO3S. The van der Waals surface area contributed by atoms with E-state index in [1.54, 1.807) is 12.1 Å². The van der Waals surface area contributed by atoms with Crippen molar-refractivity contribution < 1.29 is 13.5 Å². The number of benzene rings is 2. The molecule has 112 valence electrons. The molecule has 0 amide bonds. The number of sulfonamides is 1. The Morgan fingerprint density at radius 2 is 1.95 bits per heavy atom. The fourth-order valence-electron chi connectivity index (χ4n) is 1.85. The normalized spacial score (nSPS) is 11.4. The lowest BCUT2D eigenvalue weighted by molar-refractivity contribution is 0.281. The summed E-state index contributed by atoms with van der Waals surface area (Å²) in [5, 5.41) is 9.49. The van der Waals surface area contributed by atoms with Crippen molar-refractivity contribution in [2.24, 2.45) is 0 Å². The van der Waals surface area contributed by atoms with E-state index in [9.17, 15) is 8.42 Å². The number of halogens is 2. The van der Waals surface area contributed by atoms with Gasteiger partial charge in [0.2, 0.25) is 0 Å². The molecule has 21 heavy (non-hydrogen) atoms. The lowest BCUT2D eigenvalue weighted by Gasteiger charge is -2.11. The first kappa shape index (κ1) is 16.3. The summed E-state index contributed by atoms with van der Waals surface area (Å²) in [4.78, 5) is 0.0496. The van der Waals surface area contributed by atoms with E-state index in [2.05, 4.69) is 20.7 Å². The number of nitrogens with one attached hydrogen (secondary N) is 1. The molecular weight excluding hydrogens is 378 g/mol. The maximum absolute atomic E-state index is 12.4. The third-order valence-electron chi connectivity index (χ3n) is 2.79. The van der Waals surface area contributed by atoms with Crippen LogP contribution in [0.4, 0.5) is 5.69 Å². The average Bonchev–Trinajstić information content (AvgIpc) is 2.37. The zero-order chi connectivity index (χ0) is 15.6. The molecule has 0 atom stereocenters. The fraction of sp³-hybridized carbons (Fsp3) is 0.143. The van der Waals surface area contributed by atoms with Crippen LogP contribution in [-0.2, 0) is 16.6 Å². The zero-order valence-electron chi connectivity index (χ0n) is 11.1. The van der Waals surface area contributed by atoms with E-state index < -0.39 is 10.0 Å². The Morgan fingerprint density at radius 1 is 1.24 bits per heavy atom. The Bertz CT molecular complexity index is 758. The predicted octanol–water partition coefficient (Wildman–Crippen LogP) is 3.70. The Kier molecular flexibility index (Phi) is 4.93. The summed E-state index contributed by atoms with van der Waals surface area (Å²) in [5.74, 6) is 0. The van der Waals surface area contributed by atoms with Gasteiger partial charge in [-0.1, -0.05) is 27.5 Å². The lowest BCUT2D eigenvalue weighted by Crippen LogP contribution is -2.13. The van der Waals surface area contributed by atoms with Crippen LogP contribution in [0.25, 0.3) is 0 Å². The third-order valence-corrected chi connectivity index (χ3v) is 5.00. The van der Waals surface area contributed by atoms with Crippen molar-refractivity contribution in [2.45, 2.75) is 18.4 Å². The zero-order valence-corrected chi connectivity index (χ0v) is 14.3. The van der Waals surface area contributed by atoms with Gasteiger partial charge in [0.15, 0.2) is 0 Å². The highest BCUT2D eigenvalue weighted by Gasteiger charge is 2.16. The van der Waals surface area contributed by atoms with E-state index in [1.807, 2.05) is 13.0 Å². The Morgan fingerprint density at radius 3 is 2.57 bits per heavy atom. The Labute approximate surface area is 136 Å². The second kappa shape index (κ2) is 6.36. The van der Waals surface area contributed by atoms with Crippen LogP contribution in [0.1, 0.15) is 11.1 Å². The second-order valence-corrected chi connectivity index (χ2v) is 7.54. The summed E-state index contributed by atoms with van der Waals surface area (Å²) in [7, 11) is -3.74. The van der Waals surface area contributed by atoms with E-state index in [-0.39, 0.29) is 11.5 Å². The minimum atomic E-state index is -3.74. The molecule has 0 heterocycles. The number of rotatable bonds is 4. The first-order valence-electron chi connectivity index (χ1n) is 6.01. The van der Waals surface area contributed by atoms with Crippen LogP contribution >= 0.6 is 27.5 Å². The molecule has 0 spiro atoms. The molecule has 0 aromatic heterocycles. The van der Waals surface area contributed by atoms with Crippen molar-refractivity contribution in [3.05, 3.63) is 57.0 Å². The Balaban J connectivity index is 2.38. The second-order valence-electron chi connectivity index (χ2n) is 4.53. The van der Waals surface area contributed by atoms with Crippen molar-refractivity contribution in [3.63, 3.8) is 0 Å². The first-order valence-corrected chi connectivity index (χ1v) is 8.66. The van der Waals surface area contributed by atoms with Gasteiger partial charge in [-0.15, -0.1) is 0 Å². The van der Waals surface area contributed by atoms with Gasteiger partial charge in [-0.3, -0.25) is 4.72 Å². The van der Waals surface area contributed by atoms with E-state index in [0.717, 1.165) is 10.0 Å². The van der Waals surface area contributed by atoms with Gasteiger partial charge < -0.3 is 5.11 Å². The van der Waals surface area contributed by atoms with E-state index >= 15 is 0 Å². The summed E-state index contributed by atoms with van der Waals surface area (Å²) >= 11 is 9.19. The summed E-state index contributed by atoms with van der Waals surface area (Å²) in [6, 6.07) is 9.49. The smallest absolute Gasteiger partial charge is 0.261 e. The molecule has 0 aliphatic carbocycles. The van der Waals surface area contributed by atoms with Crippen molar-refractivity contribution >= 4 is 43.2 Å². The maximum Gasteiger partial charge on any atom is 0.261 e. The van der Waals surface area contributed by atoms with E-state index in [0.29, 0.717) is 16.3 Å². The van der Waals surface area contributed by atoms with Gasteiger partial charge in [0.05, 0.1) is 17.2 Å². The Hall–Kier alpha value is -1.08. The van der Waals surface area contributed by atoms with Crippen LogP contribution in [0.3, 0.4) is 0 Å². The highest BCUT2D eigenvalue weighted by molar-refractivity contribution is 9.10. The number of anilines is 1. The summed E-state index contributed by atoms with van der Waals surface area (Å²) in [6.07, 6.45) is 0. The summed E-state index contributed by atoms with van der Waals surface area (Å²) < 4.78 is 28.0. The quantitative estimate of drug-likeness (QED) is 0.836. The van der Waals surface area contributed by atoms with Gasteiger partial charge >= 0.3 is 0 Å². The van der Waals surface area contributed by atoms with Crippen LogP contribution in [-0.4, -0.2) is 13.5 Å². The number of hydrogen-bond acceptors (Lipinski definition) is 3. The summed E-state index contributed by atoms with van der Waals surface area (Å²) in [5.41, 5.74) is 1.75.